The number of nitrogens with two attached hydrogens (primary N) is 1. The molecule has 1 aliphatic heterocycles. The van der Waals surface area contributed by atoms with Crippen LogP contribution in [0.4, 0.5) is 8.78 Å². The van der Waals surface area contributed by atoms with Crippen LogP contribution in [0.5, 0.6) is 5.75 Å². The van der Waals surface area contributed by atoms with Crippen LogP contribution in [0.3, 0.4) is 0 Å². The first kappa shape index (κ1) is 16.1. The molecule has 2 N–H and O–H groups in total. The Morgan fingerprint density at radius 2 is 2.05 bits per heavy atom. The van der Waals surface area contributed by atoms with Gasteiger partial charge in [-0.1, -0.05) is 18.2 Å². The lowest BCUT2D eigenvalue weighted by Gasteiger charge is -2.43. The predicted molar refractivity (Wildman–Crippen MR) is 78.5 cm³/mol. The van der Waals surface area contributed by atoms with E-state index in [2.05, 4.69) is 21.6 Å². The van der Waals surface area contributed by atoms with E-state index in [1.165, 1.54) is 0 Å². The molecule has 118 valence electrons. The fourth-order valence-electron chi connectivity index (χ4n) is 2.95. The van der Waals surface area contributed by atoms with Gasteiger partial charge in [0.15, 0.2) is 0 Å². The summed E-state index contributed by atoms with van der Waals surface area (Å²) in [6.07, 6.45) is 0. The van der Waals surface area contributed by atoms with Gasteiger partial charge in [-0.15, -0.1) is 0 Å². The van der Waals surface area contributed by atoms with Crippen molar-refractivity contribution in [1.82, 2.24) is 9.80 Å². The number of likely N-dealkylation sites (N-methyl/N-ethyl adjacent to an activating group) is 1. The third kappa shape index (κ3) is 3.90. The van der Waals surface area contributed by atoms with E-state index < -0.39 is 6.61 Å². The van der Waals surface area contributed by atoms with Crippen molar-refractivity contribution in [3.05, 3.63) is 29.8 Å². The fraction of sp³-hybridized carbons (Fsp3) is 0.600. The van der Waals surface area contributed by atoms with E-state index in [1.54, 1.807) is 12.1 Å². The lowest BCUT2D eigenvalue weighted by molar-refractivity contribution is -0.0515. The molecule has 1 saturated heterocycles. The van der Waals surface area contributed by atoms with Crippen molar-refractivity contribution >= 4 is 0 Å². The van der Waals surface area contributed by atoms with Crippen LogP contribution in [0.15, 0.2) is 24.3 Å². The smallest absolute Gasteiger partial charge is 0.387 e. The molecule has 0 saturated carbocycles. The van der Waals surface area contributed by atoms with Crippen LogP contribution in [0.2, 0.25) is 0 Å². The van der Waals surface area contributed by atoms with Gasteiger partial charge in [0.2, 0.25) is 0 Å². The third-order valence-corrected chi connectivity index (χ3v) is 4.09. The minimum atomic E-state index is -2.81. The van der Waals surface area contributed by atoms with Crippen molar-refractivity contribution < 1.29 is 13.5 Å². The fourth-order valence-corrected chi connectivity index (χ4v) is 2.95. The van der Waals surface area contributed by atoms with E-state index in [9.17, 15) is 8.78 Å². The number of hydrogen-bond acceptors (Lipinski definition) is 4. The molecule has 1 aromatic carbocycles. The number of para-hydroxylation sites is 1. The van der Waals surface area contributed by atoms with Gasteiger partial charge in [-0.25, -0.2) is 0 Å². The van der Waals surface area contributed by atoms with Crippen LogP contribution in [-0.2, 0) is 0 Å². The summed E-state index contributed by atoms with van der Waals surface area (Å²) in [4.78, 5) is 4.51. The molecule has 0 amide bonds. The molecule has 4 nitrogen and oxygen atoms in total. The molecule has 0 aromatic heterocycles. The van der Waals surface area contributed by atoms with Crippen molar-refractivity contribution in [3.8, 4) is 5.75 Å². The third-order valence-electron chi connectivity index (χ3n) is 4.09. The number of nitrogens with zero attached hydrogens (tertiary/aromatic N) is 2. The first-order valence-corrected chi connectivity index (χ1v) is 7.21. The minimum Gasteiger partial charge on any atom is -0.434 e. The van der Waals surface area contributed by atoms with Gasteiger partial charge in [-0.2, -0.15) is 8.78 Å². The Morgan fingerprint density at radius 1 is 1.33 bits per heavy atom. The maximum Gasteiger partial charge on any atom is 0.387 e. The average molecular weight is 299 g/mol. The topological polar surface area (TPSA) is 41.7 Å². The largest absolute Gasteiger partial charge is 0.434 e. The summed E-state index contributed by atoms with van der Waals surface area (Å²) >= 11 is 0. The van der Waals surface area contributed by atoms with Gasteiger partial charge in [-0.3, -0.25) is 4.90 Å². The molecule has 0 bridgehead atoms. The number of benzene rings is 1. The Kier molecular flexibility index (Phi) is 5.50. The molecule has 0 spiro atoms. The van der Waals surface area contributed by atoms with Crippen LogP contribution in [0, 0.1) is 0 Å². The van der Waals surface area contributed by atoms with E-state index in [1.807, 2.05) is 19.1 Å². The Bertz CT molecular complexity index is 458. The molecule has 1 aliphatic rings. The zero-order valence-corrected chi connectivity index (χ0v) is 12.5. The second-order valence-corrected chi connectivity index (χ2v) is 5.48. The Labute approximate surface area is 124 Å². The highest BCUT2D eigenvalue weighted by molar-refractivity contribution is 5.36. The zero-order chi connectivity index (χ0) is 15.4. The van der Waals surface area contributed by atoms with E-state index in [-0.39, 0.29) is 17.8 Å². The average Bonchev–Trinajstić information content (AvgIpc) is 2.46. The molecular formula is C15H23F2N3O. The molecule has 0 aliphatic carbocycles. The van der Waals surface area contributed by atoms with Crippen molar-refractivity contribution in [2.24, 2.45) is 5.73 Å². The van der Waals surface area contributed by atoms with Gasteiger partial charge in [0, 0.05) is 43.8 Å². The van der Waals surface area contributed by atoms with Gasteiger partial charge in [-0.05, 0) is 20.0 Å². The number of rotatable bonds is 5. The van der Waals surface area contributed by atoms with Crippen molar-refractivity contribution in [1.29, 1.82) is 0 Å². The van der Waals surface area contributed by atoms with Gasteiger partial charge in [0.1, 0.15) is 5.75 Å². The van der Waals surface area contributed by atoms with E-state index >= 15 is 0 Å². The number of hydrogen-bond donors (Lipinski definition) is 1. The summed E-state index contributed by atoms with van der Waals surface area (Å²) < 4.78 is 29.7. The number of halogens is 2. The van der Waals surface area contributed by atoms with E-state index in [4.69, 9.17) is 5.73 Å². The Morgan fingerprint density at radius 3 is 2.71 bits per heavy atom. The molecule has 2 atom stereocenters. The molecular weight excluding hydrogens is 276 g/mol. The maximum atomic E-state index is 12.5. The quantitative estimate of drug-likeness (QED) is 0.902. The summed E-state index contributed by atoms with van der Waals surface area (Å²) in [5, 5.41) is 0. The molecule has 1 fully saturated rings. The predicted octanol–water partition coefficient (Wildman–Crippen LogP) is 1.92. The summed E-state index contributed by atoms with van der Waals surface area (Å²) in [6.45, 7) is 2.45. The second-order valence-electron chi connectivity index (χ2n) is 5.48. The second kappa shape index (κ2) is 7.15. The highest BCUT2D eigenvalue weighted by Crippen LogP contribution is 2.32. The van der Waals surface area contributed by atoms with Crippen molar-refractivity contribution in [2.75, 3.05) is 33.2 Å². The Balaban J connectivity index is 2.20. The zero-order valence-electron chi connectivity index (χ0n) is 12.5. The van der Waals surface area contributed by atoms with Gasteiger partial charge in [0.05, 0.1) is 0 Å². The standard InChI is InChI=1S/C15H23F2N3O/c1-11(20-8-7-19(2)10-12(20)9-18)13-5-3-4-6-14(13)21-15(16)17/h3-6,11-12,15H,7-10,18H2,1-2H3. The highest BCUT2D eigenvalue weighted by Gasteiger charge is 2.30. The van der Waals surface area contributed by atoms with E-state index in [0.717, 1.165) is 25.2 Å². The van der Waals surface area contributed by atoms with Crippen LogP contribution in [-0.4, -0.2) is 55.7 Å². The van der Waals surface area contributed by atoms with Crippen LogP contribution in [0.1, 0.15) is 18.5 Å². The van der Waals surface area contributed by atoms with Crippen LogP contribution in [0.25, 0.3) is 0 Å². The molecule has 2 unspecified atom stereocenters. The van der Waals surface area contributed by atoms with Gasteiger partial charge >= 0.3 is 6.61 Å². The SMILES string of the molecule is CC(c1ccccc1OC(F)F)N1CCN(C)CC1CN. The lowest BCUT2D eigenvalue weighted by Crippen LogP contribution is -2.55. The normalized spacial score (nSPS) is 22.5. The summed E-state index contributed by atoms with van der Waals surface area (Å²) in [7, 11) is 2.07. The lowest BCUT2D eigenvalue weighted by atomic mass is 10.0. The monoisotopic (exact) mass is 299 g/mol. The minimum absolute atomic E-state index is 0.0119. The highest BCUT2D eigenvalue weighted by atomic mass is 19.3. The number of ether oxygens (including phenoxy) is 1. The molecule has 21 heavy (non-hydrogen) atoms. The van der Waals surface area contributed by atoms with Crippen LogP contribution >= 0.6 is 0 Å². The Hall–Kier alpha value is -1.24. The summed E-state index contributed by atoms with van der Waals surface area (Å²) in [5.74, 6) is 0.245. The number of alkyl halides is 2. The maximum absolute atomic E-state index is 12.5. The molecule has 1 aromatic rings. The van der Waals surface area contributed by atoms with Gasteiger partial charge < -0.3 is 15.4 Å². The van der Waals surface area contributed by atoms with Gasteiger partial charge in [0.25, 0.3) is 0 Å². The first-order chi connectivity index (χ1) is 10.0. The molecule has 2 rings (SSSR count). The molecule has 6 heteroatoms. The first-order valence-electron chi connectivity index (χ1n) is 7.21. The van der Waals surface area contributed by atoms with E-state index in [0.29, 0.717) is 6.54 Å². The number of piperazine rings is 1. The molecule has 0 radical (unpaired) electrons. The van der Waals surface area contributed by atoms with Crippen molar-refractivity contribution in [2.45, 2.75) is 25.6 Å². The summed E-state index contributed by atoms with van der Waals surface area (Å²) in [5.41, 5.74) is 6.65. The summed E-state index contributed by atoms with van der Waals surface area (Å²) in [6, 6.07) is 7.19. The molecule has 1 heterocycles. The van der Waals surface area contributed by atoms with Crippen LogP contribution < -0.4 is 10.5 Å². The van der Waals surface area contributed by atoms with Crippen molar-refractivity contribution in [3.63, 3.8) is 0 Å².